The van der Waals surface area contributed by atoms with Crippen molar-refractivity contribution in [3.63, 3.8) is 0 Å². The second-order valence-electron chi connectivity index (χ2n) is 15.5. The maximum Gasteiger partial charge on any atom is 0.311 e. The molecule has 14 heteroatoms. The van der Waals surface area contributed by atoms with Crippen molar-refractivity contribution in [3.05, 3.63) is 81.3 Å². The summed E-state index contributed by atoms with van der Waals surface area (Å²) >= 11 is 1.15. The summed E-state index contributed by atoms with van der Waals surface area (Å²) in [4.78, 5) is 75.0. The molecule has 0 saturated carbocycles. The van der Waals surface area contributed by atoms with E-state index in [2.05, 4.69) is 15.6 Å². The van der Waals surface area contributed by atoms with Gasteiger partial charge in [0.05, 0.1) is 12.0 Å². The SMILES string of the molecule is CCC(C)C(NC(=O)C1CCCCN1C)C(=O)N(Cc1ccccc1)[C@H](C[C@@H](OC(C)=O)c1nc(C(=O)NCC[C@@H](C(=O)O)c2cc(O)ccc2C)cs1)C(C)C. The molecule has 3 aromatic rings. The second kappa shape index (κ2) is 21.1. The zero-order valence-corrected chi connectivity index (χ0v) is 35.0. The number of aliphatic carboxylic acids is 1. The minimum absolute atomic E-state index is 0.0298. The van der Waals surface area contributed by atoms with E-state index < -0.39 is 42.0 Å². The number of hydrogen-bond donors (Lipinski definition) is 4. The van der Waals surface area contributed by atoms with Crippen molar-refractivity contribution in [3.8, 4) is 5.75 Å². The van der Waals surface area contributed by atoms with Gasteiger partial charge >= 0.3 is 11.9 Å². The Morgan fingerprint density at radius 1 is 1.07 bits per heavy atom. The first-order valence-corrected chi connectivity index (χ1v) is 20.8. The molecular weight excluding hydrogens is 747 g/mol. The van der Waals surface area contributed by atoms with Crippen LogP contribution in [0.4, 0.5) is 0 Å². The molecular formula is C43H59N5O8S. The number of amides is 3. The second-order valence-corrected chi connectivity index (χ2v) is 16.4. The number of nitrogens with one attached hydrogen (secondary N) is 2. The van der Waals surface area contributed by atoms with E-state index in [-0.39, 0.29) is 67.1 Å². The minimum Gasteiger partial charge on any atom is -0.508 e. The number of aryl methyl sites for hydroxylation is 1. The molecule has 13 nitrogen and oxygen atoms in total. The molecule has 1 aliphatic rings. The third-order valence-electron chi connectivity index (χ3n) is 10.9. The Morgan fingerprint density at radius 2 is 1.79 bits per heavy atom. The highest BCUT2D eigenvalue weighted by Gasteiger charge is 2.39. The number of aromatic hydroxyl groups is 1. The van der Waals surface area contributed by atoms with Gasteiger partial charge in [-0.1, -0.05) is 76.9 Å². The van der Waals surface area contributed by atoms with Crippen LogP contribution in [0.15, 0.2) is 53.9 Å². The topological polar surface area (TPSA) is 178 Å². The van der Waals surface area contributed by atoms with Crippen LogP contribution in [0.25, 0.3) is 0 Å². The van der Waals surface area contributed by atoms with Gasteiger partial charge in [0.25, 0.3) is 5.91 Å². The van der Waals surface area contributed by atoms with Gasteiger partial charge < -0.3 is 30.5 Å². The molecule has 3 unspecified atom stereocenters. The first-order chi connectivity index (χ1) is 27.1. The van der Waals surface area contributed by atoms with E-state index in [0.717, 1.165) is 42.7 Å². The van der Waals surface area contributed by atoms with Crippen LogP contribution in [0.1, 0.15) is 117 Å². The normalized spacial score (nSPS) is 17.2. The van der Waals surface area contributed by atoms with Crippen molar-refractivity contribution >= 4 is 41.0 Å². The van der Waals surface area contributed by atoms with Gasteiger partial charge in [0.1, 0.15) is 22.5 Å². The summed E-state index contributed by atoms with van der Waals surface area (Å²) in [6, 6.07) is 12.6. The van der Waals surface area contributed by atoms with Crippen molar-refractivity contribution in [1.82, 2.24) is 25.4 Å². The van der Waals surface area contributed by atoms with Gasteiger partial charge in [0.2, 0.25) is 11.8 Å². The van der Waals surface area contributed by atoms with Gasteiger partial charge in [0, 0.05) is 37.9 Å². The van der Waals surface area contributed by atoms with Crippen molar-refractivity contribution in [2.75, 3.05) is 20.1 Å². The smallest absolute Gasteiger partial charge is 0.311 e. The number of hydrogen-bond acceptors (Lipinski definition) is 10. The van der Waals surface area contributed by atoms with Gasteiger partial charge in [0.15, 0.2) is 6.10 Å². The molecule has 2 aromatic carbocycles. The Kier molecular flexibility index (Phi) is 16.6. The summed E-state index contributed by atoms with van der Waals surface area (Å²) in [6.07, 6.45) is 2.72. The number of phenolic OH excluding ortho intramolecular Hbond substituents is 1. The number of carbonyl (C=O) groups is 5. The zero-order valence-electron chi connectivity index (χ0n) is 34.2. The number of rotatable bonds is 19. The molecule has 1 aromatic heterocycles. The Bertz CT molecular complexity index is 1830. The van der Waals surface area contributed by atoms with Gasteiger partial charge in [-0.3, -0.25) is 28.9 Å². The van der Waals surface area contributed by atoms with E-state index in [1.807, 2.05) is 70.0 Å². The van der Waals surface area contributed by atoms with Crippen LogP contribution in [-0.2, 0) is 30.5 Å². The highest BCUT2D eigenvalue weighted by molar-refractivity contribution is 7.09. The standard InChI is InChI=1S/C43H59N5O8S/c1-8-27(4)38(46-40(52)35-16-12-13-21-47(35)7)42(53)48(24-30-14-10-9-11-15-30)36(26(2)3)23-37(56-29(6)49)41-45-34(25-57-41)39(51)44-20-19-32(43(54)55)33-22-31(50)18-17-28(33)5/h9-11,14-15,17-18,22,25-27,32,35-38,50H,8,12-13,16,19-21,23-24H2,1-7H3,(H,44,51)(H,46,52)(H,54,55)/t27?,32-,35?,36-,37-,38?/m1/s1. The van der Waals surface area contributed by atoms with Crippen LogP contribution in [0.2, 0.25) is 0 Å². The van der Waals surface area contributed by atoms with E-state index >= 15 is 0 Å². The lowest BCUT2D eigenvalue weighted by Gasteiger charge is -2.40. The molecule has 310 valence electrons. The van der Waals surface area contributed by atoms with Gasteiger partial charge in [-0.25, -0.2) is 4.98 Å². The number of likely N-dealkylation sites (tertiary alicyclic amines) is 1. The molecule has 0 radical (unpaired) electrons. The predicted molar refractivity (Wildman–Crippen MR) is 219 cm³/mol. The van der Waals surface area contributed by atoms with Crippen LogP contribution >= 0.6 is 11.3 Å². The molecule has 1 fully saturated rings. The molecule has 6 atom stereocenters. The van der Waals surface area contributed by atoms with Crippen LogP contribution in [-0.4, -0.2) is 92.9 Å². The summed E-state index contributed by atoms with van der Waals surface area (Å²) in [6.45, 7) is 12.1. The van der Waals surface area contributed by atoms with E-state index in [0.29, 0.717) is 22.6 Å². The minimum atomic E-state index is -1.08. The Morgan fingerprint density at radius 3 is 2.42 bits per heavy atom. The average molecular weight is 806 g/mol. The number of carboxylic acid groups (broad SMARTS) is 1. The van der Waals surface area contributed by atoms with E-state index in [4.69, 9.17) is 4.74 Å². The molecule has 4 rings (SSSR count). The molecule has 0 bridgehead atoms. The molecule has 0 spiro atoms. The largest absolute Gasteiger partial charge is 0.508 e. The average Bonchev–Trinajstić information content (AvgIpc) is 3.68. The fourth-order valence-electron chi connectivity index (χ4n) is 7.41. The number of carbonyl (C=O) groups excluding carboxylic acids is 4. The monoisotopic (exact) mass is 805 g/mol. The third-order valence-corrected chi connectivity index (χ3v) is 11.9. The van der Waals surface area contributed by atoms with Crippen molar-refractivity contribution in [2.45, 2.75) is 117 Å². The van der Waals surface area contributed by atoms with Crippen molar-refractivity contribution < 1.29 is 38.9 Å². The number of ether oxygens (including phenoxy) is 1. The van der Waals surface area contributed by atoms with Crippen molar-refractivity contribution in [1.29, 1.82) is 0 Å². The van der Waals surface area contributed by atoms with Gasteiger partial charge in [-0.2, -0.15) is 0 Å². The Labute approximate surface area is 340 Å². The van der Waals surface area contributed by atoms with Crippen LogP contribution in [0, 0.1) is 18.8 Å². The first-order valence-electron chi connectivity index (χ1n) is 19.9. The zero-order chi connectivity index (χ0) is 41.8. The molecule has 57 heavy (non-hydrogen) atoms. The lowest BCUT2D eigenvalue weighted by Crippen LogP contribution is -2.58. The summed E-state index contributed by atoms with van der Waals surface area (Å²) in [5, 5.41) is 27.7. The maximum absolute atomic E-state index is 14.9. The number of likely N-dealkylation sites (N-methyl/N-ethyl adjacent to an activating group) is 1. The first kappa shape index (κ1) is 44.9. The molecule has 3 amide bonds. The quantitative estimate of drug-likeness (QED) is 0.102. The maximum atomic E-state index is 14.9. The van der Waals surface area contributed by atoms with E-state index in [9.17, 15) is 34.2 Å². The summed E-state index contributed by atoms with van der Waals surface area (Å²) < 4.78 is 5.86. The molecule has 2 heterocycles. The Hall–Kier alpha value is -4.82. The van der Waals surface area contributed by atoms with Gasteiger partial charge in [-0.05, 0) is 80.4 Å². The summed E-state index contributed by atoms with van der Waals surface area (Å²) in [5.74, 6) is -3.80. The number of nitrogens with zero attached hydrogens (tertiary/aromatic N) is 3. The third kappa shape index (κ3) is 12.3. The summed E-state index contributed by atoms with van der Waals surface area (Å²) in [7, 11) is 1.94. The van der Waals surface area contributed by atoms with Crippen LogP contribution in [0.5, 0.6) is 5.75 Å². The van der Waals surface area contributed by atoms with E-state index in [1.165, 1.54) is 19.1 Å². The number of thiazole rings is 1. The Balaban J connectivity index is 1.59. The highest BCUT2D eigenvalue weighted by atomic mass is 32.1. The lowest BCUT2D eigenvalue weighted by atomic mass is 9.91. The molecule has 1 aliphatic heterocycles. The summed E-state index contributed by atoms with van der Waals surface area (Å²) in [5.41, 5.74) is 2.16. The van der Waals surface area contributed by atoms with E-state index in [1.54, 1.807) is 23.3 Å². The number of aromatic nitrogens is 1. The molecule has 1 saturated heterocycles. The highest BCUT2D eigenvalue weighted by Crippen LogP contribution is 2.33. The molecule has 4 N–H and O–H groups in total. The number of esters is 1. The predicted octanol–water partition coefficient (Wildman–Crippen LogP) is 6.21. The van der Waals surface area contributed by atoms with Crippen LogP contribution < -0.4 is 10.6 Å². The number of phenols is 1. The number of benzene rings is 2. The fourth-order valence-corrected chi connectivity index (χ4v) is 8.25. The van der Waals surface area contributed by atoms with Crippen molar-refractivity contribution in [2.24, 2.45) is 11.8 Å². The van der Waals surface area contributed by atoms with Crippen LogP contribution in [0.3, 0.4) is 0 Å². The fraction of sp³-hybridized carbons (Fsp3) is 0.535. The molecule has 0 aliphatic carbocycles. The number of piperidine rings is 1. The van der Waals surface area contributed by atoms with Gasteiger partial charge in [-0.15, -0.1) is 11.3 Å². The lowest BCUT2D eigenvalue weighted by molar-refractivity contribution is -0.150. The number of carboxylic acids is 1.